The zero-order chi connectivity index (χ0) is 19.2. The molecule has 0 aliphatic heterocycles. The van der Waals surface area contributed by atoms with Gasteiger partial charge in [-0.1, -0.05) is 6.07 Å². The molecule has 0 unspecified atom stereocenters. The molecule has 0 fully saturated rings. The Kier molecular flexibility index (Phi) is 6.05. The molecule has 0 radical (unpaired) electrons. The average Bonchev–Trinajstić information content (AvgIpc) is 3.31. The summed E-state index contributed by atoms with van der Waals surface area (Å²) in [5.74, 6) is 0.0409. The van der Waals surface area contributed by atoms with Crippen molar-refractivity contribution in [3.63, 3.8) is 0 Å². The molecular weight excluding hydrogens is 434 g/mol. The van der Waals surface area contributed by atoms with Gasteiger partial charge in [0.15, 0.2) is 15.5 Å². The van der Waals surface area contributed by atoms with Crippen molar-refractivity contribution in [3.8, 4) is 0 Å². The van der Waals surface area contributed by atoms with Gasteiger partial charge in [-0.25, -0.2) is 0 Å². The Hall–Kier alpha value is -2.91. The van der Waals surface area contributed by atoms with E-state index >= 15 is 0 Å². The van der Waals surface area contributed by atoms with Gasteiger partial charge in [0.1, 0.15) is 5.76 Å². The van der Waals surface area contributed by atoms with Crippen LogP contribution in [-0.4, -0.2) is 16.9 Å². The number of carbonyl (C=O) groups is 2. The highest BCUT2D eigenvalue weighted by Gasteiger charge is 2.13. The molecule has 2 heterocycles. The van der Waals surface area contributed by atoms with Gasteiger partial charge in [-0.15, -0.1) is 0 Å². The molecule has 27 heavy (non-hydrogen) atoms. The van der Waals surface area contributed by atoms with Gasteiger partial charge in [-0.3, -0.25) is 14.9 Å². The average molecular weight is 448 g/mol. The first-order chi connectivity index (χ1) is 13.0. The molecule has 2 amide bonds. The lowest BCUT2D eigenvalue weighted by Crippen LogP contribution is -2.34. The van der Waals surface area contributed by atoms with Gasteiger partial charge >= 0.3 is 0 Å². The fraction of sp³-hybridized carbons (Fsp3) is 0.0556. The number of benzene rings is 1. The molecule has 9 heteroatoms. The van der Waals surface area contributed by atoms with E-state index in [-0.39, 0.29) is 23.3 Å². The molecule has 0 bridgehead atoms. The molecule has 0 aliphatic rings. The molecule has 2 aromatic heterocycles. The van der Waals surface area contributed by atoms with Crippen LogP contribution in [0.2, 0.25) is 0 Å². The molecule has 0 spiro atoms. The van der Waals surface area contributed by atoms with Crippen LogP contribution in [0.25, 0.3) is 0 Å². The number of thiocarbonyl (C=S) groups is 1. The van der Waals surface area contributed by atoms with E-state index in [0.717, 1.165) is 0 Å². The monoisotopic (exact) mass is 447 g/mol. The van der Waals surface area contributed by atoms with Gasteiger partial charge in [0, 0.05) is 11.3 Å². The maximum absolute atomic E-state index is 12.2. The third kappa shape index (κ3) is 5.28. The molecular formula is C18H14BrN3O4S. The van der Waals surface area contributed by atoms with Gasteiger partial charge in [0.2, 0.25) is 0 Å². The number of anilines is 1. The van der Waals surface area contributed by atoms with Gasteiger partial charge in [0.25, 0.3) is 11.8 Å². The lowest BCUT2D eigenvalue weighted by Gasteiger charge is -2.10. The van der Waals surface area contributed by atoms with Crippen molar-refractivity contribution in [2.24, 2.45) is 0 Å². The van der Waals surface area contributed by atoms with Crippen molar-refractivity contribution in [3.05, 3.63) is 76.5 Å². The Balaban J connectivity index is 1.57. The minimum absolute atomic E-state index is 0.0840. The third-order valence-electron chi connectivity index (χ3n) is 3.41. The summed E-state index contributed by atoms with van der Waals surface area (Å²) in [6.07, 6.45) is 1.54. The van der Waals surface area contributed by atoms with Crippen LogP contribution in [0.1, 0.15) is 26.7 Å². The van der Waals surface area contributed by atoms with E-state index in [2.05, 4.69) is 31.9 Å². The predicted molar refractivity (Wildman–Crippen MR) is 106 cm³/mol. The van der Waals surface area contributed by atoms with Crippen molar-refractivity contribution < 1.29 is 18.4 Å². The van der Waals surface area contributed by atoms with E-state index in [1.54, 1.807) is 48.7 Å². The van der Waals surface area contributed by atoms with Crippen LogP contribution in [-0.2, 0) is 6.54 Å². The molecule has 0 saturated carbocycles. The van der Waals surface area contributed by atoms with Crippen LogP contribution in [0.5, 0.6) is 0 Å². The maximum atomic E-state index is 12.2. The van der Waals surface area contributed by atoms with Crippen molar-refractivity contribution in [2.45, 2.75) is 6.54 Å². The Morgan fingerprint density at radius 2 is 1.93 bits per heavy atom. The maximum Gasteiger partial charge on any atom is 0.293 e. The molecule has 3 N–H and O–H groups in total. The molecule has 0 atom stereocenters. The van der Waals surface area contributed by atoms with E-state index in [4.69, 9.17) is 21.1 Å². The number of furan rings is 2. The first kappa shape index (κ1) is 18.9. The van der Waals surface area contributed by atoms with E-state index in [9.17, 15) is 9.59 Å². The quantitative estimate of drug-likeness (QED) is 0.516. The molecule has 3 rings (SSSR count). The Labute approximate surface area is 168 Å². The van der Waals surface area contributed by atoms with Gasteiger partial charge in [0.05, 0.1) is 12.8 Å². The Morgan fingerprint density at radius 1 is 1.07 bits per heavy atom. The fourth-order valence-electron chi connectivity index (χ4n) is 2.18. The van der Waals surface area contributed by atoms with Crippen LogP contribution < -0.4 is 16.0 Å². The Bertz CT molecular complexity index is 969. The summed E-state index contributed by atoms with van der Waals surface area (Å²) < 4.78 is 10.8. The van der Waals surface area contributed by atoms with Crippen LogP contribution in [0, 0.1) is 0 Å². The molecule has 0 saturated heterocycles. The summed E-state index contributed by atoms with van der Waals surface area (Å²) in [4.78, 5) is 24.2. The number of hydrogen-bond acceptors (Lipinski definition) is 5. The summed E-state index contributed by atoms with van der Waals surface area (Å²) >= 11 is 8.25. The summed E-state index contributed by atoms with van der Waals surface area (Å²) in [6.45, 7) is 0.288. The van der Waals surface area contributed by atoms with Crippen molar-refractivity contribution >= 4 is 50.8 Å². The van der Waals surface area contributed by atoms with Crippen LogP contribution in [0.3, 0.4) is 0 Å². The van der Waals surface area contributed by atoms with Crippen molar-refractivity contribution in [1.29, 1.82) is 0 Å². The van der Waals surface area contributed by atoms with E-state index < -0.39 is 5.91 Å². The number of hydrogen-bond donors (Lipinski definition) is 3. The molecule has 138 valence electrons. The van der Waals surface area contributed by atoms with Gasteiger partial charge in [-0.2, -0.15) is 0 Å². The smallest absolute Gasteiger partial charge is 0.293 e. The number of rotatable bonds is 5. The fourth-order valence-corrected chi connectivity index (χ4v) is 2.70. The third-order valence-corrected chi connectivity index (χ3v) is 4.04. The number of halogens is 1. The number of nitrogens with one attached hydrogen (secondary N) is 3. The van der Waals surface area contributed by atoms with Crippen molar-refractivity contribution in [1.82, 2.24) is 10.6 Å². The predicted octanol–water partition coefficient (Wildman–Crippen LogP) is 3.69. The second-order valence-electron chi connectivity index (χ2n) is 5.35. The van der Waals surface area contributed by atoms with Crippen LogP contribution >= 0.6 is 28.1 Å². The summed E-state index contributed by atoms with van der Waals surface area (Å²) in [7, 11) is 0. The zero-order valence-corrected chi connectivity index (χ0v) is 16.2. The zero-order valence-electron chi connectivity index (χ0n) is 13.8. The summed E-state index contributed by atoms with van der Waals surface area (Å²) in [5, 5.41) is 8.21. The standard InChI is InChI=1S/C18H14BrN3O4S/c19-15-7-6-14(26-15)17(24)22-18(27)21-12-4-1-3-11(9-12)16(23)20-10-13-5-2-8-25-13/h1-9H,10H2,(H,20,23)(H2,21,22,24,27). The van der Waals surface area contributed by atoms with Crippen molar-refractivity contribution in [2.75, 3.05) is 5.32 Å². The van der Waals surface area contributed by atoms with E-state index in [1.165, 1.54) is 6.07 Å². The van der Waals surface area contributed by atoms with Gasteiger partial charge in [-0.05, 0) is 70.6 Å². The summed E-state index contributed by atoms with van der Waals surface area (Å²) in [6, 6.07) is 13.4. The Morgan fingerprint density at radius 3 is 2.63 bits per heavy atom. The molecule has 3 aromatic rings. The normalized spacial score (nSPS) is 10.3. The minimum atomic E-state index is -0.481. The topological polar surface area (TPSA) is 96.5 Å². The number of carbonyl (C=O) groups excluding carboxylic acids is 2. The highest BCUT2D eigenvalue weighted by molar-refractivity contribution is 9.10. The largest absolute Gasteiger partial charge is 0.467 e. The lowest BCUT2D eigenvalue weighted by atomic mass is 10.2. The molecule has 1 aromatic carbocycles. The van der Waals surface area contributed by atoms with Crippen LogP contribution in [0.15, 0.2) is 68.3 Å². The minimum Gasteiger partial charge on any atom is -0.467 e. The first-order valence-electron chi connectivity index (χ1n) is 7.79. The highest BCUT2D eigenvalue weighted by atomic mass is 79.9. The first-order valence-corrected chi connectivity index (χ1v) is 9.00. The SMILES string of the molecule is O=C(NCc1ccco1)c1cccc(NC(=S)NC(=O)c2ccc(Br)o2)c1. The van der Waals surface area contributed by atoms with E-state index in [1.807, 2.05) is 0 Å². The second-order valence-corrected chi connectivity index (χ2v) is 6.54. The summed E-state index contributed by atoms with van der Waals surface area (Å²) in [5.41, 5.74) is 1.00. The lowest BCUT2D eigenvalue weighted by molar-refractivity contribution is 0.0940. The van der Waals surface area contributed by atoms with E-state index in [0.29, 0.717) is 21.7 Å². The molecule has 0 aliphatic carbocycles. The van der Waals surface area contributed by atoms with Crippen LogP contribution in [0.4, 0.5) is 5.69 Å². The second kappa shape index (κ2) is 8.65. The number of amides is 2. The molecule has 7 nitrogen and oxygen atoms in total. The highest BCUT2D eigenvalue weighted by Crippen LogP contribution is 2.14. The van der Waals surface area contributed by atoms with Gasteiger partial charge < -0.3 is 19.5 Å².